The van der Waals surface area contributed by atoms with Gasteiger partial charge in [-0.25, -0.2) is 0 Å². The van der Waals surface area contributed by atoms with E-state index in [0.29, 0.717) is 13.0 Å². The molecular weight excluding hydrogens is 264 g/mol. The van der Waals surface area contributed by atoms with E-state index in [0.717, 1.165) is 5.56 Å². The number of rotatable bonds is 3. The fourth-order valence-electron chi connectivity index (χ4n) is 3.00. The zero-order valence-corrected chi connectivity index (χ0v) is 13.3. The molecule has 1 aliphatic heterocycles. The van der Waals surface area contributed by atoms with Gasteiger partial charge >= 0.3 is 0 Å². The number of hydrogen-bond acceptors (Lipinski definition) is 3. The number of nitrogens with zero attached hydrogens (tertiary/aromatic N) is 1. The Morgan fingerprint density at radius 2 is 1.90 bits per heavy atom. The Kier molecular flexibility index (Phi) is 4.40. The summed E-state index contributed by atoms with van der Waals surface area (Å²) in [6, 6.07) is 8.17. The maximum atomic E-state index is 11.5. The third-order valence-corrected chi connectivity index (χ3v) is 4.40. The van der Waals surface area contributed by atoms with E-state index in [1.165, 1.54) is 5.56 Å². The van der Waals surface area contributed by atoms with Crippen molar-refractivity contribution >= 4 is 5.91 Å². The molecule has 2 unspecified atom stereocenters. The average Bonchev–Trinajstić information content (AvgIpc) is 2.79. The highest BCUT2D eigenvalue weighted by Gasteiger charge is 2.37. The average molecular weight is 290 g/mol. The molecule has 0 aromatic heterocycles. The first-order valence-corrected chi connectivity index (χ1v) is 7.53. The quantitative estimate of drug-likeness (QED) is 0.894. The third-order valence-electron chi connectivity index (χ3n) is 4.40. The summed E-state index contributed by atoms with van der Waals surface area (Å²) in [5, 5.41) is 9.82. The third kappa shape index (κ3) is 3.44. The van der Waals surface area contributed by atoms with E-state index in [2.05, 4.69) is 52.0 Å². The van der Waals surface area contributed by atoms with Gasteiger partial charge in [0.2, 0.25) is 5.91 Å². The molecule has 21 heavy (non-hydrogen) atoms. The molecule has 1 aromatic rings. The predicted molar refractivity (Wildman–Crippen MR) is 83.9 cm³/mol. The molecule has 0 radical (unpaired) electrons. The van der Waals surface area contributed by atoms with Gasteiger partial charge in [0.25, 0.3) is 0 Å². The molecule has 1 heterocycles. The predicted octanol–water partition coefficient (Wildman–Crippen LogP) is 1.97. The first kappa shape index (κ1) is 16.0. The number of β-amino-alcohol motifs (C(OH)–C–C–N with tert-alkyl or cyclic N) is 1. The lowest BCUT2D eigenvalue weighted by Crippen LogP contribution is -2.41. The number of likely N-dealkylation sites (tertiary alicyclic amines) is 1. The highest BCUT2D eigenvalue weighted by atomic mass is 16.3. The summed E-state index contributed by atoms with van der Waals surface area (Å²) in [4.78, 5) is 13.5. The summed E-state index contributed by atoms with van der Waals surface area (Å²) < 4.78 is 0. The van der Waals surface area contributed by atoms with Gasteiger partial charge in [0, 0.05) is 12.6 Å². The van der Waals surface area contributed by atoms with Gasteiger partial charge in [0.05, 0.1) is 12.1 Å². The number of carbonyl (C=O) groups excluding carboxylic acids is 1. The minimum Gasteiger partial charge on any atom is -0.392 e. The molecule has 3 atom stereocenters. The number of primary amides is 1. The highest BCUT2D eigenvalue weighted by Crippen LogP contribution is 2.31. The van der Waals surface area contributed by atoms with Gasteiger partial charge < -0.3 is 10.8 Å². The van der Waals surface area contributed by atoms with Crippen LogP contribution in [0.4, 0.5) is 0 Å². The molecule has 0 bridgehead atoms. The van der Waals surface area contributed by atoms with Crippen LogP contribution in [0.1, 0.15) is 51.3 Å². The van der Waals surface area contributed by atoms with Crippen molar-refractivity contribution in [3.63, 3.8) is 0 Å². The van der Waals surface area contributed by atoms with E-state index in [1.807, 2.05) is 4.90 Å². The smallest absolute Gasteiger partial charge is 0.234 e. The van der Waals surface area contributed by atoms with Gasteiger partial charge in [0.15, 0.2) is 0 Å². The van der Waals surface area contributed by atoms with Crippen LogP contribution in [0.5, 0.6) is 0 Å². The van der Waals surface area contributed by atoms with E-state index in [9.17, 15) is 9.90 Å². The van der Waals surface area contributed by atoms with Crippen molar-refractivity contribution in [2.75, 3.05) is 6.54 Å². The van der Waals surface area contributed by atoms with Crippen molar-refractivity contribution < 1.29 is 9.90 Å². The lowest BCUT2D eigenvalue weighted by Gasteiger charge is -2.29. The first-order valence-electron chi connectivity index (χ1n) is 7.53. The molecule has 1 saturated heterocycles. The Morgan fingerprint density at radius 1 is 1.33 bits per heavy atom. The summed E-state index contributed by atoms with van der Waals surface area (Å²) in [7, 11) is 0. The SMILES string of the molecule is C[C@@H](c1ccc(C(C)(C)C)cc1)N1CC(O)CC1C(N)=O. The molecule has 0 aliphatic carbocycles. The Bertz CT molecular complexity index is 505. The molecular formula is C17H26N2O2. The van der Waals surface area contributed by atoms with Crippen molar-refractivity contribution in [3.8, 4) is 0 Å². The van der Waals surface area contributed by atoms with Gasteiger partial charge in [-0.15, -0.1) is 0 Å². The molecule has 3 N–H and O–H groups in total. The summed E-state index contributed by atoms with van der Waals surface area (Å²) >= 11 is 0. The van der Waals surface area contributed by atoms with E-state index in [4.69, 9.17) is 5.73 Å². The minimum absolute atomic E-state index is 0.0636. The summed E-state index contributed by atoms with van der Waals surface area (Å²) in [5.74, 6) is -0.357. The van der Waals surface area contributed by atoms with Crippen molar-refractivity contribution in [1.82, 2.24) is 4.90 Å². The molecule has 2 rings (SSSR count). The van der Waals surface area contributed by atoms with Crippen LogP contribution in [-0.2, 0) is 10.2 Å². The Hall–Kier alpha value is -1.39. The maximum absolute atomic E-state index is 11.5. The number of amides is 1. The molecule has 1 aliphatic rings. The molecule has 1 fully saturated rings. The van der Waals surface area contributed by atoms with E-state index in [-0.39, 0.29) is 23.4 Å². The van der Waals surface area contributed by atoms with Gasteiger partial charge in [-0.05, 0) is 29.9 Å². The molecule has 116 valence electrons. The monoisotopic (exact) mass is 290 g/mol. The van der Waals surface area contributed by atoms with Crippen LogP contribution in [0.3, 0.4) is 0 Å². The standard InChI is InChI=1S/C17H26N2O2/c1-11(19-10-14(20)9-15(19)16(18)21)12-5-7-13(8-6-12)17(2,3)4/h5-8,11,14-15,20H,9-10H2,1-4H3,(H2,18,21)/t11-,14?,15?/m0/s1. The summed E-state index contributed by atoms with van der Waals surface area (Å²) in [6.07, 6.45) is -0.0430. The zero-order valence-electron chi connectivity index (χ0n) is 13.3. The van der Waals surface area contributed by atoms with Crippen LogP contribution in [-0.4, -0.2) is 34.6 Å². The molecule has 0 spiro atoms. The summed E-state index contributed by atoms with van der Waals surface area (Å²) in [5.41, 5.74) is 8.01. The number of aliphatic hydroxyl groups excluding tert-OH is 1. The Balaban J connectivity index is 2.19. The van der Waals surface area contributed by atoms with Gasteiger partial charge in [0.1, 0.15) is 0 Å². The number of carbonyl (C=O) groups is 1. The second kappa shape index (κ2) is 5.78. The second-order valence-corrected chi connectivity index (χ2v) is 7.05. The van der Waals surface area contributed by atoms with Crippen LogP contribution >= 0.6 is 0 Å². The molecule has 1 amide bonds. The fourth-order valence-corrected chi connectivity index (χ4v) is 3.00. The van der Waals surface area contributed by atoms with Crippen LogP contribution in [0.15, 0.2) is 24.3 Å². The van der Waals surface area contributed by atoms with E-state index >= 15 is 0 Å². The second-order valence-electron chi connectivity index (χ2n) is 7.05. The van der Waals surface area contributed by atoms with Crippen LogP contribution in [0, 0.1) is 0 Å². The summed E-state index contributed by atoms with van der Waals surface area (Å²) in [6.45, 7) is 9.11. The number of aliphatic hydroxyl groups is 1. The number of benzene rings is 1. The highest BCUT2D eigenvalue weighted by molar-refractivity contribution is 5.80. The maximum Gasteiger partial charge on any atom is 0.234 e. The van der Waals surface area contributed by atoms with E-state index < -0.39 is 6.10 Å². The molecule has 0 saturated carbocycles. The molecule has 4 heteroatoms. The van der Waals surface area contributed by atoms with Crippen molar-refractivity contribution in [1.29, 1.82) is 0 Å². The van der Waals surface area contributed by atoms with Gasteiger partial charge in [-0.2, -0.15) is 0 Å². The van der Waals surface area contributed by atoms with E-state index in [1.54, 1.807) is 0 Å². The van der Waals surface area contributed by atoms with Crippen molar-refractivity contribution in [2.45, 2.75) is 57.7 Å². The van der Waals surface area contributed by atoms with Gasteiger partial charge in [-0.1, -0.05) is 45.0 Å². The Morgan fingerprint density at radius 3 is 2.38 bits per heavy atom. The first-order chi connectivity index (χ1) is 9.70. The lowest BCUT2D eigenvalue weighted by atomic mass is 9.86. The Labute approximate surface area is 126 Å². The molecule has 1 aromatic carbocycles. The van der Waals surface area contributed by atoms with Crippen LogP contribution in [0.25, 0.3) is 0 Å². The van der Waals surface area contributed by atoms with Crippen molar-refractivity contribution in [3.05, 3.63) is 35.4 Å². The fraction of sp³-hybridized carbons (Fsp3) is 0.588. The van der Waals surface area contributed by atoms with Crippen LogP contribution < -0.4 is 5.73 Å². The lowest BCUT2D eigenvalue weighted by molar-refractivity contribution is -0.122. The number of hydrogen-bond donors (Lipinski definition) is 2. The number of nitrogens with two attached hydrogens (primary N) is 1. The van der Waals surface area contributed by atoms with Crippen LogP contribution in [0.2, 0.25) is 0 Å². The zero-order chi connectivity index (χ0) is 15.8. The van der Waals surface area contributed by atoms with Gasteiger partial charge in [-0.3, -0.25) is 9.69 Å². The normalized spacial score (nSPS) is 25.0. The molecule has 4 nitrogen and oxygen atoms in total. The minimum atomic E-state index is -0.473. The van der Waals surface area contributed by atoms with Crippen molar-refractivity contribution in [2.24, 2.45) is 5.73 Å². The largest absolute Gasteiger partial charge is 0.392 e. The topological polar surface area (TPSA) is 66.6 Å².